The van der Waals surface area contributed by atoms with E-state index in [-0.39, 0.29) is 5.56 Å². The number of hydrogen-bond acceptors (Lipinski definition) is 6. The van der Waals surface area contributed by atoms with Crippen molar-refractivity contribution in [2.24, 2.45) is 5.92 Å². The van der Waals surface area contributed by atoms with Crippen LogP contribution < -0.4 is 10.5 Å². The Morgan fingerprint density at radius 3 is 2.96 bits per heavy atom. The summed E-state index contributed by atoms with van der Waals surface area (Å²) in [5.41, 5.74) is 3.17. The smallest absolute Gasteiger partial charge is 0.267 e. The highest BCUT2D eigenvalue weighted by molar-refractivity contribution is 7.98. The van der Waals surface area contributed by atoms with Crippen LogP contribution >= 0.6 is 11.8 Å². The Bertz CT molecular complexity index is 767. The monoisotopic (exact) mass is 329 g/mol. The molecule has 4 rings (SSSR count). The van der Waals surface area contributed by atoms with Crippen LogP contribution in [0.4, 0.5) is 5.82 Å². The fourth-order valence-electron chi connectivity index (χ4n) is 3.06. The van der Waals surface area contributed by atoms with E-state index in [0.717, 1.165) is 53.8 Å². The zero-order chi connectivity index (χ0) is 15.8. The molecule has 23 heavy (non-hydrogen) atoms. The van der Waals surface area contributed by atoms with Crippen LogP contribution in [0.1, 0.15) is 17.0 Å². The maximum Gasteiger partial charge on any atom is 0.267 e. The molecular weight excluding hydrogens is 310 g/mol. The van der Waals surface area contributed by atoms with Gasteiger partial charge in [-0.1, -0.05) is 0 Å². The van der Waals surface area contributed by atoms with E-state index >= 15 is 0 Å². The second kappa shape index (κ2) is 5.96. The van der Waals surface area contributed by atoms with Gasteiger partial charge < -0.3 is 4.90 Å². The average molecular weight is 329 g/mol. The molecule has 2 aromatic heterocycles. The third-order valence-electron chi connectivity index (χ3n) is 4.40. The summed E-state index contributed by atoms with van der Waals surface area (Å²) in [6.45, 7) is 4.43. The summed E-state index contributed by atoms with van der Waals surface area (Å²) >= 11 is 1.87. The molecular formula is C16H19N5OS. The minimum atomic E-state index is 0.0276. The lowest BCUT2D eigenvalue weighted by molar-refractivity contribution is 0.330. The van der Waals surface area contributed by atoms with Gasteiger partial charge in [0.05, 0.1) is 17.9 Å². The third-order valence-corrected chi connectivity index (χ3v) is 5.41. The zero-order valence-corrected chi connectivity index (χ0v) is 13.9. The summed E-state index contributed by atoms with van der Waals surface area (Å²) in [6.07, 6.45) is 0.968. The topological polar surface area (TPSA) is 63.9 Å². The summed E-state index contributed by atoms with van der Waals surface area (Å²) in [6, 6.07) is 5.75. The highest BCUT2D eigenvalue weighted by atomic mass is 32.2. The summed E-state index contributed by atoms with van der Waals surface area (Å²) in [4.78, 5) is 14.4. The van der Waals surface area contributed by atoms with Crippen LogP contribution in [0.15, 0.2) is 23.0 Å². The molecule has 2 aliphatic rings. The van der Waals surface area contributed by atoms with E-state index < -0.39 is 0 Å². The molecule has 0 amide bonds. The van der Waals surface area contributed by atoms with Gasteiger partial charge in [-0.05, 0) is 30.4 Å². The molecule has 1 fully saturated rings. The van der Waals surface area contributed by atoms with Crippen molar-refractivity contribution >= 4 is 17.6 Å². The van der Waals surface area contributed by atoms with Gasteiger partial charge in [-0.2, -0.15) is 22.0 Å². The largest absolute Gasteiger partial charge is 0.354 e. The van der Waals surface area contributed by atoms with E-state index in [4.69, 9.17) is 0 Å². The average Bonchev–Trinajstić information content (AvgIpc) is 2.52. The number of fused-ring (bicyclic) bond motifs is 1. The van der Waals surface area contributed by atoms with Gasteiger partial charge in [-0.25, -0.2) is 4.68 Å². The van der Waals surface area contributed by atoms with Crippen molar-refractivity contribution in [3.8, 4) is 0 Å². The van der Waals surface area contributed by atoms with Crippen molar-refractivity contribution in [2.75, 3.05) is 23.7 Å². The minimum Gasteiger partial charge on any atom is -0.354 e. The molecule has 0 spiro atoms. The van der Waals surface area contributed by atoms with E-state index in [2.05, 4.69) is 20.2 Å². The SMILES string of the molecule is Cc1ccc(N2CC(Cn3nc4c(cc3=O)CSCC4)C2)nn1. The van der Waals surface area contributed by atoms with Gasteiger partial charge in [0, 0.05) is 37.2 Å². The first-order valence-corrected chi connectivity index (χ1v) is 9.07. The van der Waals surface area contributed by atoms with Gasteiger partial charge in [0.15, 0.2) is 5.82 Å². The first kappa shape index (κ1) is 14.7. The van der Waals surface area contributed by atoms with Crippen LogP contribution in [0.3, 0.4) is 0 Å². The summed E-state index contributed by atoms with van der Waals surface area (Å²) in [5, 5.41) is 12.9. The molecule has 0 atom stereocenters. The number of rotatable bonds is 3. The Hall–Kier alpha value is -1.89. The van der Waals surface area contributed by atoms with Crippen molar-refractivity contribution in [1.82, 2.24) is 20.0 Å². The number of aryl methyl sites for hydroxylation is 2. The normalized spacial score (nSPS) is 17.7. The Kier molecular flexibility index (Phi) is 3.80. The van der Waals surface area contributed by atoms with Crippen LogP contribution in [-0.2, 0) is 18.7 Å². The van der Waals surface area contributed by atoms with Gasteiger partial charge in [0.25, 0.3) is 5.56 Å². The number of nitrogens with zero attached hydrogens (tertiary/aromatic N) is 5. The van der Waals surface area contributed by atoms with Crippen LogP contribution in [0.5, 0.6) is 0 Å². The second-order valence-corrected chi connectivity index (χ2v) is 7.35. The Labute approximate surface area is 138 Å². The predicted octanol–water partition coefficient (Wildman–Crippen LogP) is 1.27. The van der Waals surface area contributed by atoms with Gasteiger partial charge in [0.1, 0.15) is 0 Å². The van der Waals surface area contributed by atoms with Crippen LogP contribution in [0.25, 0.3) is 0 Å². The lowest BCUT2D eigenvalue weighted by Crippen LogP contribution is -2.50. The molecule has 0 radical (unpaired) electrons. The number of hydrogen-bond donors (Lipinski definition) is 0. The zero-order valence-electron chi connectivity index (χ0n) is 13.1. The predicted molar refractivity (Wildman–Crippen MR) is 90.8 cm³/mol. The van der Waals surface area contributed by atoms with Crippen molar-refractivity contribution in [3.63, 3.8) is 0 Å². The van der Waals surface area contributed by atoms with Crippen molar-refractivity contribution in [2.45, 2.75) is 25.6 Å². The molecule has 0 bridgehead atoms. The highest BCUT2D eigenvalue weighted by Gasteiger charge is 2.29. The molecule has 6 nitrogen and oxygen atoms in total. The van der Waals surface area contributed by atoms with Gasteiger partial charge in [-0.15, -0.1) is 5.10 Å². The summed E-state index contributed by atoms with van der Waals surface area (Å²) in [5.74, 6) is 3.37. The van der Waals surface area contributed by atoms with Gasteiger partial charge >= 0.3 is 0 Å². The van der Waals surface area contributed by atoms with Crippen molar-refractivity contribution in [1.29, 1.82) is 0 Å². The maximum atomic E-state index is 12.2. The molecule has 2 aliphatic heterocycles. The lowest BCUT2D eigenvalue weighted by Gasteiger charge is -2.39. The first-order valence-electron chi connectivity index (χ1n) is 7.92. The molecule has 0 aliphatic carbocycles. The number of thioether (sulfide) groups is 1. The lowest BCUT2D eigenvalue weighted by atomic mass is 10.0. The molecule has 2 aromatic rings. The fourth-order valence-corrected chi connectivity index (χ4v) is 4.01. The van der Waals surface area contributed by atoms with E-state index in [1.54, 1.807) is 10.7 Å². The Morgan fingerprint density at radius 1 is 1.30 bits per heavy atom. The molecule has 7 heteroatoms. The van der Waals surface area contributed by atoms with Crippen LogP contribution in [0.2, 0.25) is 0 Å². The summed E-state index contributed by atoms with van der Waals surface area (Å²) in [7, 11) is 0. The molecule has 4 heterocycles. The van der Waals surface area contributed by atoms with Gasteiger partial charge in [-0.3, -0.25) is 4.79 Å². The minimum absolute atomic E-state index is 0.0276. The number of anilines is 1. The fraction of sp³-hybridized carbons (Fsp3) is 0.500. The molecule has 0 saturated carbocycles. The van der Waals surface area contributed by atoms with Crippen molar-refractivity contribution < 1.29 is 0 Å². The van der Waals surface area contributed by atoms with Gasteiger partial charge in [0.2, 0.25) is 0 Å². The van der Waals surface area contributed by atoms with E-state index in [1.165, 1.54) is 0 Å². The molecule has 120 valence electrons. The Morgan fingerprint density at radius 2 is 2.17 bits per heavy atom. The summed E-state index contributed by atoms with van der Waals surface area (Å²) < 4.78 is 1.65. The first-order chi connectivity index (χ1) is 11.2. The van der Waals surface area contributed by atoms with Crippen molar-refractivity contribution in [3.05, 3.63) is 45.5 Å². The van der Waals surface area contributed by atoms with E-state index in [0.29, 0.717) is 12.5 Å². The number of aromatic nitrogens is 4. The standard InChI is InChI=1S/C16H19N5OS/c1-11-2-3-15(18-17-11)20-7-12(8-20)9-21-16(22)6-13-10-23-5-4-14(13)19-21/h2-3,6,12H,4-5,7-10H2,1H3. The molecule has 0 aromatic carbocycles. The highest BCUT2D eigenvalue weighted by Crippen LogP contribution is 2.24. The third kappa shape index (κ3) is 2.97. The second-order valence-electron chi connectivity index (χ2n) is 6.24. The molecule has 1 saturated heterocycles. The molecule has 0 N–H and O–H groups in total. The quantitative estimate of drug-likeness (QED) is 0.845. The van der Waals surface area contributed by atoms with E-state index in [1.807, 2.05) is 30.8 Å². The maximum absolute atomic E-state index is 12.2. The van der Waals surface area contributed by atoms with E-state index in [9.17, 15) is 4.79 Å². The molecule has 0 unspecified atom stereocenters. The Balaban J connectivity index is 1.42. The van der Waals surface area contributed by atoms with Crippen LogP contribution in [-0.4, -0.2) is 38.8 Å². The van der Waals surface area contributed by atoms with Crippen LogP contribution in [0, 0.1) is 12.8 Å².